The van der Waals surface area contributed by atoms with Crippen molar-refractivity contribution in [2.24, 2.45) is 5.10 Å². The molecule has 0 saturated heterocycles. The predicted molar refractivity (Wildman–Crippen MR) is 158 cm³/mol. The van der Waals surface area contributed by atoms with Gasteiger partial charge in [0, 0.05) is 16.3 Å². The van der Waals surface area contributed by atoms with Crippen LogP contribution in [0.15, 0.2) is 113 Å². The Kier molecular flexibility index (Phi) is 8.98. The molecule has 0 spiro atoms. The molecule has 0 radical (unpaired) electrons. The maximum atomic E-state index is 13.5. The average Bonchev–Trinajstić information content (AvgIpc) is 2.97. The van der Waals surface area contributed by atoms with Crippen LogP contribution in [0.5, 0.6) is 0 Å². The Hall–Kier alpha value is -4.47. The summed E-state index contributed by atoms with van der Waals surface area (Å²) < 4.78 is 28.1. The van der Waals surface area contributed by atoms with Crippen molar-refractivity contribution in [3.63, 3.8) is 0 Å². The number of benzene rings is 4. The summed E-state index contributed by atoms with van der Waals surface area (Å²) in [6.07, 6.45) is 0. The molecule has 8 nitrogen and oxygen atoms in total. The third kappa shape index (κ3) is 6.74. The van der Waals surface area contributed by atoms with Gasteiger partial charge in [-0.2, -0.15) is 5.10 Å². The van der Waals surface area contributed by atoms with Crippen LogP contribution in [0.4, 0.5) is 11.4 Å². The summed E-state index contributed by atoms with van der Waals surface area (Å²) in [5, 5.41) is 7.36. The summed E-state index contributed by atoms with van der Waals surface area (Å²) in [6.45, 7) is 2.88. The quantitative estimate of drug-likeness (QED) is 0.199. The van der Waals surface area contributed by atoms with Crippen molar-refractivity contribution >= 4 is 50.5 Å². The molecule has 40 heavy (non-hydrogen) atoms. The first-order chi connectivity index (χ1) is 19.2. The van der Waals surface area contributed by atoms with Crippen LogP contribution in [0.3, 0.4) is 0 Å². The third-order valence-electron chi connectivity index (χ3n) is 6.07. The van der Waals surface area contributed by atoms with Gasteiger partial charge in [-0.3, -0.25) is 13.9 Å². The van der Waals surface area contributed by atoms with E-state index in [-0.39, 0.29) is 10.8 Å². The highest BCUT2D eigenvalue weighted by atomic mass is 35.5. The fourth-order valence-electron chi connectivity index (χ4n) is 3.85. The van der Waals surface area contributed by atoms with E-state index in [0.717, 1.165) is 4.31 Å². The molecule has 10 heteroatoms. The standard InChI is InChI=1S/C30H27ClN4O4S/c1-21-27(31)14-9-15-28(21)35(40(38,39)26-12-7-4-8-13-26)20-29(36)34-33-22(2)23-16-18-25(19-17-23)32-30(37)24-10-5-3-6-11-24/h3-19H,20H2,1-2H3,(H,32,37)(H,34,36)/b33-22-. The van der Waals surface area contributed by atoms with Crippen molar-refractivity contribution in [1.29, 1.82) is 0 Å². The van der Waals surface area contributed by atoms with E-state index in [1.54, 1.807) is 98.8 Å². The number of halogens is 1. The minimum absolute atomic E-state index is 0.0429. The number of hydrazone groups is 1. The second-order valence-corrected chi connectivity index (χ2v) is 11.1. The maximum absolute atomic E-state index is 13.5. The number of hydrogen-bond acceptors (Lipinski definition) is 5. The lowest BCUT2D eigenvalue weighted by atomic mass is 10.1. The number of carbonyl (C=O) groups excluding carboxylic acids is 2. The molecule has 4 aromatic rings. The number of sulfonamides is 1. The molecule has 2 N–H and O–H groups in total. The second-order valence-electron chi connectivity index (χ2n) is 8.84. The van der Waals surface area contributed by atoms with E-state index >= 15 is 0 Å². The molecule has 2 amide bonds. The van der Waals surface area contributed by atoms with E-state index in [1.165, 1.54) is 12.1 Å². The molecule has 0 aliphatic heterocycles. The lowest BCUT2D eigenvalue weighted by molar-refractivity contribution is -0.119. The third-order valence-corrected chi connectivity index (χ3v) is 8.25. The molecule has 0 unspecified atom stereocenters. The summed E-state index contributed by atoms with van der Waals surface area (Å²) in [5.41, 5.74) is 5.61. The smallest absolute Gasteiger partial charge is 0.264 e. The van der Waals surface area contributed by atoms with Crippen LogP contribution in [0.1, 0.15) is 28.4 Å². The summed E-state index contributed by atoms with van der Waals surface area (Å²) in [7, 11) is -4.08. The fourth-order valence-corrected chi connectivity index (χ4v) is 5.52. The molecule has 0 aliphatic carbocycles. The minimum atomic E-state index is -4.08. The van der Waals surface area contributed by atoms with Crippen molar-refractivity contribution < 1.29 is 18.0 Å². The van der Waals surface area contributed by atoms with E-state index < -0.39 is 22.5 Å². The van der Waals surface area contributed by atoms with Gasteiger partial charge in [-0.1, -0.05) is 66.2 Å². The summed E-state index contributed by atoms with van der Waals surface area (Å²) in [5.74, 6) is -0.860. The lowest BCUT2D eigenvalue weighted by Crippen LogP contribution is -2.40. The monoisotopic (exact) mass is 574 g/mol. The molecule has 0 bridgehead atoms. The van der Waals surface area contributed by atoms with Crippen molar-refractivity contribution in [2.45, 2.75) is 18.7 Å². The van der Waals surface area contributed by atoms with Gasteiger partial charge < -0.3 is 5.32 Å². The first-order valence-corrected chi connectivity index (χ1v) is 14.1. The van der Waals surface area contributed by atoms with Crippen molar-refractivity contribution in [2.75, 3.05) is 16.2 Å². The topological polar surface area (TPSA) is 108 Å². The highest BCUT2D eigenvalue weighted by molar-refractivity contribution is 7.92. The van der Waals surface area contributed by atoms with Crippen molar-refractivity contribution in [3.8, 4) is 0 Å². The highest BCUT2D eigenvalue weighted by Gasteiger charge is 2.28. The fraction of sp³-hybridized carbons (Fsp3) is 0.100. The van der Waals surface area contributed by atoms with Gasteiger partial charge >= 0.3 is 0 Å². The molecule has 4 rings (SSSR count). The number of rotatable bonds is 9. The second kappa shape index (κ2) is 12.6. The van der Waals surface area contributed by atoms with Gasteiger partial charge in [-0.15, -0.1) is 0 Å². The number of amides is 2. The molecule has 0 heterocycles. The average molecular weight is 575 g/mol. The molecule has 0 atom stereocenters. The molecule has 0 fully saturated rings. The lowest BCUT2D eigenvalue weighted by Gasteiger charge is -2.25. The number of anilines is 2. The van der Waals surface area contributed by atoms with E-state index in [0.29, 0.717) is 38.8 Å². The molecule has 0 saturated carbocycles. The minimum Gasteiger partial charge on any atom is -0.322 e. The Morgan fingerprint density at radius 1 is 0.825 bits per heavy atom. The van der Waals surface area contributed by atoms with Gasteiger partial charge in [0.05, 0.1) is 16.3 Å². The Morgan fingerprint density at radius 2 is 1.45 bits per heavy atom. The van der Waals surface area contributed by atoms with E-state index in [9.17, 15) is 18.0 Å². The van der Waals surface area contributed by atoms with Gasteiger partial charge in [0.2, 0.25) is 0 Å². The molecule has 0 aliphatic rings. The zero-order chi connectivity index (χ0) is 28.7. The van der Waals surface area contributed by atoms with Crippen LogP contribution in [-0.4, -0.2) is 32.5 Å². The zero-order valence-corrected chi connectivity index (χ0v) is 23.4. The van der Waals surface area contributed by atoms with Gasteiger partial charge in [0.1, 0.15) is 6.54 Å². The number of carbonyl (C=O) groups is 2. The largest absolute Gasteiger partial charge is 0.322 e. The van der Waals surface area contributed by atoms with Gasteiger partial charge in [0.15, 0.2) is 0 Å². The molecule has 0 aromatic heterocycles. The number of nitrogens with one attached hydrogen (secondary N) is 2. The van der Waals surface area contributed by atoms with E-state index in [2.05, 4.69) is 15.8 Å². The van der Waals surface area contributed by atoms with Crippen LogP contribution in [-0.2, 0) is 14.8 Å². The maximum Gasteiger partial charge on any atom is 0.264 e. The molecular formula is C30H27ClN4O4S. The predicted octanol–water partition coefficient (Wildman–Crippen LogP) is 5.64. The van der Waals surface area contributed by atoms with Crippen LogP contribution in [0.2, 0.25) is 5.02 Å². The summed E-state index contributed by atoms with van der Waals surface area (Å²) in [4.78, 5) is 25.4. The summed E-state index contributed by atoms with van der Waals surface area (Å²) in [6, 6.07) is 28.6. The SMILES string of the molecule is C/C(=N/NC(=O)CN(c1cccc(Cl)c1C)S(=O)(=O)c1ccccc1)c1ccc(NC(=O)c2ccccc2)cc1. The molecule has 4 aromatic carbocycles. The Balaban J connectivity index is 1.48. The Bertz CT molecular complexity index is 1640. The van der Waals surface area contributed by atoms with Crippen LogP contribution < -0.4 is 15.0 Å². The van der Waals surface area contributed by atoms with E-state index in [4.69, 9.17) is 11.6 Å². The summed E-state index contributed by atoms with van der Waals surface area (Å²) >= 11 is 6.26. The highest BCUT2D eigenvalue weighted by Crippen LogP contribution is 2.30. The van der Waals surface area contributed by atoms with Gasteiger partial charge in [0.25, 0.3) is 21.8 Å². The van der Waals surface area contributed by atoms with Crippen LogP contribution in [0, 0.1) is 6.92 Å². The van der Waals surface area contributed by atoms with Crippen LogP contribution in [0.25, 0.3) is 0 Å². The van der Waals surface area contributed by atoms with Crippen LogP contribution >= 0.6 is 11.6 Å². The Labute approximate surface area is 238 Å². The van der Waals surface area contributed by atoms with E-state index in [1.807, 2.05) is 6.07 Å². The number of nitrogens with zero attached hydrogens (tertiary/aromatic N) is 2. The zero-order valence-electron chi connectivity index (χ0n) is 21.8. The molecular weight excluding hydrogens is 548 g/mol. The first kappa shape index (κ1) is 28.5. The van der Waals surface area contributed by atoms with Gasteiger partial charge in [-0.05, 0) is 73.5 Å². The van der Waals surface area contributed by atoms with Crippen molar-refractivity contribution in [1.82, 2.24) is 5.43 Å². The number of hydrogen-bond donors (Lipinski definition) is 2. The molecule has 204 valence electrons. The van der Waals surface area contributed by atoms with Crippen molar-refractivity contribution in [3.05, 3.63) is 125 Å². The Morgan fingerprint density at radius 3 is 2.10 bits per heavy atom. The van der Waals surface area contributed by atoms with Gasteiger partial charge in [-0.25, -0.2) is 13.8 Å². The first-order valence-electron chi connectivity index (χ1n) is 12.3. The normalized spacial score (nSPS) is 11.5.